The van der Waals surface area contributed by atoms with Gasteiger partial charge in [0.1, 0.15) is 23.6 Å². The molecule has 8 heteroatoms. The second-order valence-corrected chi connectivity index (χ2v) is 4.86. The first-order chi connectivity index (χ1) is 8.78. The Balaban J connectivity index is 2.51. The molecule has 1 aliphatic heterocycles. The molecule has 0 spiro atoms. The molecule has 0 aromatic carbocycles. The summed E-state index contributed by atoms with van der Waals surface area (Å²) in [6, 6.07) is 1.46. The number of rotatable bonds is 2. The van der Waals surface area contributed by atoms with Gasteiger partial charge in [0, 0.05) is 5.69 Å². The van der Waals surface area contributed by atoms with Gasteiger partial charge in [-0.3, -0.25) is 4.57 Å². The van der Waals surface area contributed by atoms with Gasteiger partial charge in [-0.2, -0.15) is 4.98 Å². The van der Waals surface area contributed by atoms with Gasteiger partial charge in [0.25, 0.3) is 0 Å². The summed E-state index contributed by atoms with van der Waals surface area (Å²) in [7, 11) is 0. The number of aliphatic hydroxyl groups is 3. The molecule has 0 bridgehead atoms. The van der Waals surface area contributed by atoms with Crippen LogP contribution in [0, 0.1) is 6.92 Å². The van der Waals surface area contributed by atoms with Gasteiger partial charge >= 0.3 is 5.69 Å². The monoisotopic (exact) mass is 271 g/mol. The van der Waals surface area contributed by atoms with E-state index in [1.165, 1.54) is 13.0 Å². The molecule has 0 aliphatic carbocycles. The van der Waals surface area contributed by atoms with Crippen LogP contribution in [-0.4, -0.2) is 49.3 Å². The zero-order chi connectivity index (χ0) is 14.4. The van der Waals surface area contributed by atoms with E-state index in [0.717, 1.165) is 4.57 Å². The third-order valence-corrected chi connectivity index (χ3v) is 3.34. The Morgan fingerprint density at radius 1 is 1.63 bits per heavy atom. The highest BCUT2D eigenvalue weighted by molar-refractivity contribution is 5.28. The third-order valence-electron chi connectivity index (χ3n) is 3.34. The predicted octanol–water partition coefficient (Wildman–Crippen LogP) is -1.86. The number of hydrogen-bond donors (Lipinski definition) is 4. The lowest BCUT2D eigenvalue weighted by molar-refractivity contribution is -0.0995. The van der Waals surface area contributed by atoms with E-state index >= 15 is 0 Å². The molecule has 19 heavy (non-hydrogen) atoms. The summed E-state index contributed by atoms with van der Waals surface area (Å²) in [5, 5.41) is 29.3. The van der Waals surface area contributed by atoms with Gasteiger partial charge in [0.2, 0.25) is 0 Å². The fourth-order valence-corrected chi connectivity index (χ4v) is 2.28. The molecular weight excluding hydrogens is 254 g/mol. The molecule has 1 aromatic rings. The first-order valence-corrected chi connectivity index (χ1v) is 5.81. The summed E-state index contributed by atoms with van der Waals surface area (Å²) in [4.78, 5) is 15.4. The number of ether oxygens (including phenoxy) is 1. The second-order valence-electron chi connectivity index (χ2n) is 4.86. The smallest absolute Gasteiger partial charge is 0.351 e. The topological polar surface area (TPSA) is 131 Å². The molecule has 1 saturated heterocycles. The van der Waals surface area contributed by atoms with E-state index in [2.05, 4.69) is 4.98 Å². The first kappa shape index (κ1) is 13.9. The number of nitrogens with two attached hydrogens (primary N) is 1. The lowest BCUT2D eigenvalue weighted by Gasteiger charge is -2.28. The number of nitrogens with zero attached hydrogens (tertiary/aromatic N) is 2. The van der Waals surface area contributed by atoms with Crippen molar-refractivity contribution in [2.75, 3.05) is 12.3 Å². The lowest BCUT2D eigenvalue weighted by Crippen LogP contribution is -2.46. The fourth-order valence-electron chi connectivity index (χ4n) is 2.28. The lowest BCUT2D eigenvalue weighted by atomic mass is 9.96. The van der Waals surface area contributed by atoms with Crippen LogP contribution in [0.1, 0.15) is 18.8 Å². The first-order valence-electron chi connectivity index (χ1n) is 5.81. The summed E-state index contributed by atoms with van der Waals surface area (Å²) in [5.74, 6) is 0.0654. The summed E-state index contributed by atoms with van der Waals surface area (Å²) in [6.45, 7) is 2.47. The van der Waals surface area contributed by atoms with Crippen LogP contribution >= 0.6 is 0 Å². The number of aryl methyl sites for hydroxylation is 1. The molecule has 5 N–H and O–H groups in total. The van der Waals surface area contributed by atoms with Crippen LogP contribution in [-0.2, 0) is 4.74 Å². The van der Waals surface area contributed by atoms with Crippen molar-refractivity contribution in [3.05, 3.63) is 22.2 Å². The van der Waals surface area contributed by atoms with Gasteiger partial charge in [-0.1, -0.05) is 0 Å². The minimum absolute atomic E-state index is 0.0654. The summed E-state index contributed by atoms with van der Waals surface area (Å²) in [6.07, 6.45) is -3.42. The van der Waals surface area contributed by atoms with Crippen molar-refractivity contribution in [2.24, 2.45) is 0 Å². The van der Waals surface area contributed by atoms with Crippen LogP contribution < -0.4 is 11.4 Å². The van der Waals surface area contributed by atoms with E-state index in [1.54, 1.807) is 6.92 Å². The third kappa shape index (κ3) is 2.12. The fraction of sp³-hybridized carbons (Fsp3) is 0.636. The highest BCUT2D eigenvalue weighted by Crippen LogP contribution is 2.37. The molecule has 8 nitrogen and oxygen atoms in total. The van der Waals surface area contributed by atoms with E-state index in [1.807, 2.05) is 0 Å². The maximum atomic E-state index is 11.9. The number of nitrogen functional groups attached to an aromatic ring is 1. The molecule has 0 saturated carbocycles. The molecule has 4 atom stereocenters. The molecular formula is C11H17N3O5. The Kier molecular flexibility index (Phi) is 3.35. The van der Waals surface area contributed by atoms with Gasteiger partial charge in [-0.25, -0.2) is 4.79 Å². The molecule has 2 heterocycles. The van der Waals surface area contributed by atoms with Gasteiger partial charge in [-0.15, -0.1) is 0 Å². The Morgan fingerprint density at radius 3 is 2.74 bits per heavy atom. The number of anilines is 1. The van der Waals surface area contributed by atoms with Crippen molar-refractivity contribution >= 4 is 5.82 Å². The number of aromatic nitrogens is 2. The quantitative estimate of drug-likeness (QED) is 0.496. The van der Waals surface area contributed by atoms with Gasteiger partial charge in [-0.05, 0) is 19.9 Å². The zero-order valence-corrected chi connectivity index (χ0v) is 10.6. The largest absolute Gasteiger partial charge is 0.394 e. The minimum atomic E-state index is -1.72. The average Bonchev–Trinajstić information content (AvgIpc) is 2.51. The summed E-state index contributed by atoms with van der Waals surface area (Å²) >= 11 is 0. The molecule has 1 unspecified atom stereocenters. The van der Waals surface area contributed by atoms with Crippen LogP contribution in [0.15, 0.2) is 10.9 Å². The average molecular weight is 271 g/mol. The minimum Gasteiger partial charge on any atom is -0.394 e. The maximum absolute atomic E-state index is 11.9. The van der Waals surface area contributed by atoms with Crippen LogP contribution in [0.2, 0.25) is 0 Å². The van der Waals surface area contributed by atoms with Crippen LogP contribution in [0.4, 0.5) is 5.82 Å². The Morgan fingerprint density at radius 2 is 2.26 bits per heavy atom. The van der Waals surface area contributed by atoms with Crippen molar-refractivity contribution in [1.82, 2.24) is 9.55 Å². The van der Waals surface area contributed by atoms with E-state index in [9.17, 15) is 15.0 Å². The predicted molar refractivity (Wildman–Crippen MR) is 65.3 cm³/mol. The van der Waals surface area contributed by atoms with E-state index < -0.39 is 36.3 Å². The second kappa shape index (κ2) is 4.57. The van der Waals surface area contributed by atoms with E-state index in [0.29, 0.717) is 5.69 Å². The van der Waals surface area contributed by atoms with Gasteiger partial charge in [0.05, 0.1) is 6.61 Å². The molecule has 1 fully saturated rings. The van der Waals surface area contributed by atoms with E-state index in [-0.39, 0.29) is 5.82 Å². The highest BCUT2D eigenvalue weighted by Gasteiger charge is 2.53. The maximum Gasteiger partial charge on any atom is 0.351 e. The summed E-state index contributed by atoms with van der Waals surface area (Å²) in [5.41, 5.74) is 3.49. The van der Waals surface area contributed by atoms with Crippen molar-refractivity contribution in [3.8, 4) is 0 Å². The van der Waals surface area contributed by atoms with Crippen molar-refractivity contribution in [1.29, 1.82) is 0 Å². The molecule has 1 aliphatic rings. The Bertz CT molecular complexity index is 542. The van der Waals surface area contributed by atoms with Crippen molar-refractivity contribution < 1.29 is 20.1 Å². The highest BCUT2D eigenvalue weighted by atomic mass is 16.6. The molecule has 1 aromatic heterocycles. The van der Waals surface area contributed by atoms with Crippen LogP contribution in [0.25, 0.3) is 0 Å². The Labute approximate surface area is 109 Å². The molecule has 106 valence electrons. The molecule has 0 amide bonds. The van der Waals surface area contributed by atoms with Gasteiger partial charge < -0.3 is 25.8 Å². The Hall–Kier alpha value is -1.48. The molecule has 0 radical (unpaired) electrons. The summed E-state index contributed by atoms with van der Waals surface area (Å²) < 4.78 is 6.46. The molecule has 2 rings (SSSR count). The van der Waals surface area contributed by atoms with E-state index in [4.69, 9.17) is 15.6 Å². The van der Waals surface area contributed by atoms with Gasteiger partial charge in [0.15, 0.2) is 6.23 Å². The number of hydrogen-bond acceptors (Lipinski definition) is 7. The SMILES string of the molecule is Cc1cc(N)nc(=O)n1[C@@H]1O[C@H](CO)[C@H](O)C1(C)O. The zero-order valence-electron chi connectivity index (χ0n) is 10.6. The van der Waals surface area contributed by atoms with Crippen LogP contribution in [0.3, 0.4) is 0 Å². The number of aliphatic hydroxyl groups excluding tert-OH is 2. The normalized spacial score (nSPS) is 34.7. The standard InChI is InChI=1S/C11H17N3O5/c1-5-3-7(12)13-10(17)14(5)9-11(2,18)8(16)6(4-15)19-9/h3,6,8-9,15-16,18H,4H2,1-2H3,(H2,12,13,17)/t6-,8+,9-,11?/m1/s1. The van der Waals surface area contributed by atoms with Crippen molar-refractivity contribution in [3.63, 3.8) is 0 Å². The van der Waals surface area contributed by atoms with Crippen LogP contribution in [0.5, 0.6) is 0 Å². The van der Waals surface area contributed by atoms with Crippen molar-refractivity contribution in [2.45, 2.75) is 37.9 Å².